The summed E-state index contributed by atoms with van der Waals surface area (Å²) in [5.74, 6) is 3.09. The topological polar surface area (TPSA) is 66.2 Å². The van der Waals surface area contributed by atoms with Gasteiger partial charge in [0.25, 0.3) is 0 Å². The normalized spacial score (nSPS) is 17.5. The molecule has 2 aliphatic rings. The lowest BCUT2D eigenvalue weighted by molar-refractivity contribution is 0.457. The van der Waals surface area contributed by atoms with Crippen molar-refractivity contribution in [3.05, 3.63) is 30.5 Å². The van der Waals surface area contributed by atoms with Gasteiger partial charge in [-0.1, -0.05) is 0 Å². The Morgan fingerprint density at radius 2 is 1.53 bits per heavy atom. The van der Waals surface area contributed by atoms with Crippen LogP contribution in [0, 0.1) is 6.92 Å². The molecule has 0 N–H and O–H groups in total. The molecule has 4 heterocycles. The van der Waals surface area contributed by atoms with Crippen LogP contribution in [0.5, 0.6) is 0 Å². The van der Waals surface area contributed by atoms with Crippen molar-refractivity contribution in [3.63, 3.8) is 0 Å². The molecule has 3 aromatic heterocycles. The number of hydrogen-bond acceptors (Lipinski definition) is 7. The molecule has 1 aliphatic carbocycles. The number of hydrogen-bond donors (Lipinski definition) is 0. The molecule has 1 aliphatic heterocycles. The predicted octanol–water partition coefficient (Wildman–Crippen LogP) is 2.77. The van der Waals surface area contributed by atoms with Crippen molar-refractivity contribution in [3.8, 4) is 0 Å². The van der Waals surface area contributed by atoms with Crippen LogP contribution in [-0.4, -0.2) is 63.8 Å². The largest absolute Gasteiger partial charge is 0.363 e. The molecule has 0 aromatic carbocycles. The monoisotopic (exact) mass is 406 g/mol. The zero-order valence-electron chi connectivity index (χ0n) is 18.3. The number of aryl methyl sites for hydroxylation is 2. The van der Waals surface area contributed by atoms with Crippen molar-refractivity contribution in [2.75, 3.05) is 41.9 Å². The molecule has 1 saturated carbocycles. The standard InChI is InChI=1S/C22H30N8/c1-15-11-18-21(28(15)4)22(26-13-23-18)29-9-7-17(8-10-29)30(16-5-6-16)20-12-19(27(2)3)24-14-25-20/h11-14,16-17H,5-10H2,1-4H3. The quantitative estimate of drug-likeness (QED) is 0.645. The zero-order chi connectivity index (χ0) is 20.8. The van der Waals surface area contributed by atoms with Crippen LogP contribution < -0.4 is 14.7 Å². The van der Waals surface area contributed by atoms with Crippen LogP contribution in [-0.2, 0) is 7.05 Å². The summed E-state index contributed by atoms with van der Waals surface area (Å²) in [7, 11) is 6.16. The lowest BCUT2D eigenvalue weighted by Gasteiger charge is -2.40. The number of rotatable bonds is 5. The minimum atomic E-state index is 0.506. The second kappa shape index (κ2) is 7.41. The van der Waals surface area contributed by atoms with E-state index >= 15 is 0 Å². The highest BCUT2D eigenvalue weighted by Gasteiger charge is 2.37. The molecule has 30 heavy (non-hydrogen) atoms. The van der Waals surface area contributed by atoms with E-state index in [9.17, 15) is 0 Å². The van der Waals surface area contributed by atoms with Gasteiger partial charge in [0.2, 0.25) is 0 Å². The summed E-state index contributed by atoms with van der Waals surface area (Å²) in [5.41, 5.74) is 3.37. The highest BCUT2D eigenvalue weighted by molar-refractivity contribution is 5.87. The van der Waals surface area contributed by atoms with Gasteiger partial charge in [0.15, 0.2) is 5.82 Å². The smallest absolute Gasteiger partial charge is 0.156 e. The summed E-state index contributed by atoms with van der Waals surface area (Å²) < 4.78 is 2.21. The highest BCUT2D eigenvalue weighted by Crippen LogP contribution is 2.37. The molecule has 0 unspecified atom stereocenters. The van der Waals surface area contributed by atoms with Crippen LogP contribution in [0.1, 0.15) is 31.4 Å². The molecule has 8 nitrogen and oxygen atoms in total. The summed E-state index contributed by atoms with van der Waals surface area (Å²) in [5, 5.41) is 0. The fraction of sp³-hybridized carbons (Fsp3) is 0.545. The maximum atomic E-state index is 4.67. The molecule has 0 amide bonds. The van der Waals surface area contributed by atoms with Gasteiger partial charge in [-0.25, -0.2) is 19.9 Å². The van der Waals surface area contributed by atoms with Gasteiger partial charge >= 0.3 is 0 Å². The van der Waals surface area contributed by atoms with E-state index in [0.29, 0.717) is 12.1 Å². The number of anilines is 3. The molecule has 0 bridgehead atoms. The molecule has 8 heteroatoms. The average Bonchev–Trinajstić information content (AvgIpc) is 3.54. The summed E-state index contributed by atoms with van der Waals surface area (Å²) in [6, 6.07) is 5.39. The van der Waals surface area contributed by atoms with Gasteiger partial charge in [0, 0.05) is 58.1 Å². The Kier molecular flexibility index (Phi) is 4.72. The van der Waals surface area contributed by atoms with Gasteiger partial charge in [-0.05, 0) is 38.7 Å². The van der Waals surface area contributed by atoms with Gasteiger partial charge < -0.3 is 19.3 Å². The lowest BCUT2D eigenvalue weighted by Crippen LogP contribution is -2.46. The fourth-order valence-corrected chi connectivity index (χ4v) is 4.62. The van der Waals surface area contributed by atoms with Crippen LogP contribution in [0.2, 0.25) is 0 Å². The van der Waals surface area contributed by atoms with E-state index in [0.717, 1.165) is 54.4 Å². The number of aromatic nitrogens is 5. The lowest BCUT2D eigenvalue weighted by atomic mass is 10.0. The molecule has 1 saturated heterocycles. The summed E-state index contributed by atoms with van der Waals surface area (Å²) in [6.45, 7) is 4.11. The fourth-order valence-electron chi connectivity index (χ4n) is 4.62. The Labute approximate surface area is 177 Å². The Morgan fingerprint density at radius 3 is 2.23 bits per heavy atom. The molecule has 0 atom stereocenters. The van der Waals surface area contributed by atoms with Crippen LogP contribution in [0.15, 0.2) is 24.8 Å². The number of piperidine rings is 1. The van der Waals surface area contributed by atoms with Crippen LogP contribution in [0.25, 0.3) is 11.0 Å². The van der Waals surface area contributed by atoms with Gasteiger partial charge in [-0.15, -0.1) is 0 Å². The van der Waals surface area contributed by atoms with Crippen molar-refractivity contribution in [2.45, 2.75) is 44.7 Å². The van der Waals surface area contributed by atoms with E-state index in [1.165, 1.54) is 18.5 Å². The van der Waals surface area contributed by atoms with E-state index in [1.54, 1.807) is 12.7 Å². The summed E-state index contributed by atoms with van der Waals surface area (Å²) >= 11 is 0. The third-order valence-electron chi connectivity index (χ3n) is 6.50. The Balaban J connectivity index is 1.37. The molecule has 2 fully saturated rings. The second-order valence-electron chi connectivity index (χ2n) is 8.76. The van der Waals surface area contributed by atoms with E-state index in [1.807, 2.05) is 19.0 Å². The molecule has 5 rings (SSSR count). The van der Waals surface area contributed by atoms with E-state index in [-0.39, 0.29) is 0 Å². The third kappa shape index (κ3) is 3.34. The van der Waals surface area contributed by atoms with Crippen molar-refractivity contribution < 1.29 is 0 Å². The predicted molar refractivity (Wildman–Crippen MR) is 120 cm³/mol. The molecule has 0 radical (unpaired) electrons. The third-order valence-corrected chi connectivity index (χ3v) is 6.50. The number of nitrogens with zero attached hydrogens (tertiary/aromatic N) is 8. The van der Waals surface area contributed by atoms with Gasteiger partial charge in [-0.2, -0.15) is 0 Å². The van der Waals surface area contributed by atoms with Crippen molar-refractivity contribution >= 4 is 28.5 Å². The average molecular weight is 407 g/mol. The highest BCUT2D eigenvalue weighted by atomic mass is 15.3. The van der Waals surface area contributed by atoms with Gasteiger partial charge in [0.05, 0.1) is 5.52 Å². The first-order valence-electron chi connectivity index (χ1n) is 10.8. The van der Waals surface area contributed by atoms with Gasteiger partial charge in [-0.3, -0.25) is 0 Å². The van der Waals surface area contributed by atoms with Crippen molar-refractivity contribution in [1.82, 2.24) is 24.5 Å². The van der Waals surface area contributed by atoms with Crippen LogP contribution >= 0.6 is 0 Å². The Morgan fingerprint density at radius 1 is 0.867 bits per heavy atom. The van der Waals surface area contributed by atoms with E-state index in [4.69, 9.17) is 0 Å². The minimum Gasteiger partial charge on any atom is -0.363 e. The van der Waals surface area contributed by atoms with E-state index in [2.05, 4.69) is 60.4 Å². The van der Waals surface area contributed by atoms with E-state index < -0.39 is 0 Å². The van der Waals surface area contributed by atoms with Gasteiger partial charge in [0.1, 0.15) is 29.8 Å². The SMILES string of the molecule is Cc1cc2ncnc(N3CCC(N(c4cc(N(C)C)ncn4)C4CC4)CC3)c2n1C. The molecular formula is C22H30N8. The maximum Gasteiger partial charge on any atom is 0.156 e. The first-order valence-corrected chi connectivity index (χ1v) is 10.8. The summed E-state index contributed by atoms with van der Waals surface area (Å²) in [6.07, 6.45) is 8.13. The Bertz CT molecular complexity index is 1050. The Hall–Kier alpha value is -2.90. The maximum absolute atomic E-state index is 4.67. The zero-order valence-corrected chi connectivity index (χ0v) is 18.3. The van der Waals surface area contributed by atoms with Crippen molar-refractivity contribution in [1.29, 1.82) is 0 Å². The minimum absolute atomic E-state index is 0.506. The summed E-state index contributed by atoms with van der Waals surface area (Å²) in [4.78, 5) is 25.2. The van der Waals surface area contributed by atoms with Crippen molar-refractivity contribution in [2.24, 2.45) is 7.05 Å². The van der Waals surface area contributed by atoms with Crippen LogP contribution in [0.3, 0.4) is 0 Å². The molecular weight excluding hydrogens is 376 g/mol. The first-order chi connectivity index (χ1) is 14.5. The first kappa shape index (κ1) is 19.1. The van der Waals surface area contributed by atoms with Crippen LogP contribution in [0.4, 0.5) is 17.5 Å². The second-order valence-corrected chi connectivity index (χ2v) is 8.76. The molecule has 3 aromatic rings. The number of fused-ring (bicyclic) bond motifs is 1. The molecule has 0 spiro atoms. The molecule has 158 valence electrons.